The largest absolute Gasteiger partial charge is 0.360 e. The van der Waals surface area contributed by atoms with E-state index in [0.717, 1.165) is 26.1 Å². The van der Waals surface area contributed by atoms with Crippen molar-refractivity contribution in [3.05, 3.63) is 0 Å². The van der Waals surface area contributed by atoms with Crippen LogP contribution < -0.4 is 0 Å². The van der Waals surface area contributed by atoms with Crippen LogP contribution >= 0.6 is 0 Å². The molecule has 3 nitrogen and oxygen atoms in total. The third-order valence-electron chi connectivity index (χ3n) is 4.09. The van der Waals surface area contributed by atoms with Crippen molar-refractivity contribution in [2.24, 2.45) is 0 Å². The zero-order chi connectivity index (χ0) is 10.4. The lowest BCUT2D eigenvalue weighted by atomic mass is 9.95. The molecule has 15 heavy (non-hydrogen) atoms. The fraction of sp³-hybridized carbons (Fsp3) is 1.00. The van der Waals surface area contributed by atoms with Crippen molar-refractivity contribution in [1.29, 1.82) is 0 Å². The van der Waals surface area contributed by atoms with Crippen LogP contribution in [0.1, 0.15) is 45.4 Å². The van der Waals surface area contributed by atoms with Gasteiger partial charge < -0.3 is 14.2 Å². The quantitative estimate of drug-likeness (QED) is 0.672. The van der Waals surface area contributed by atoms with E-state index in [0.29, 0.717) is 6.10 Å². The number of unbranched alkanes of at least 4 members (excludes halogenated alkanes) is 1. The average Bonchev–Trinajstić information content (AvgIpc) is 2.64. The van der Waals surface area contributed by atoms with E-state index in [1.165, 1.54) is 25.7 Å². The fourth-order valence-electron chi connectivity index (χ4n) is 3.29. The van der Waals surface area contributed by atoms with Crippen molar-refractivity contribution < 1.29 is 14.2 Å². The van der Waals surface area contributed by atoms with Crippen molar-refractivity contribution >= 4 is 0 Å². The maximum atomic E-state index is 5.96. The zero-order valence-corrected chi connectivity index (χ0v) is 9.46. The summed E-state index contributed by atoms with van der Waals surface area (Å²) in [6.07, 6.45) is 7.40. The second-order valence-electron chi connectivity index (χ2n) is 4.94. The van der Waals surface area contributed by atoms with Gasteiger partial charge in [0, 0.05) is 6.42 Å². The Kier molecular flexibility index (Phi) is 2.31. The Morgan fingerprint density at radius 1 is 1.20 bits per heavy atom. The Balaban J connectivity index is 1.70. The van der Waals surface area contributed by atoms with Crippen LogP contribution in [0.25, 0.3) is 0 Å². The highest BCUT2D eigenvalue weighted by molar-refractivity contribution is 5.17. The molecule has 2 atom stereocenters. The lowest BCUT2D eigenvalue weighted by Crippen LogP contribution is -2.43. The number of fused-ring (bicyclic) bond motifs is 1. The van der Waals surface area contributed by atoms with E-state index < -0.39 is 0 Å². The van der Waals surface area contributed by atoms with Gasteiger partial charge in [0.15, 0.2) is 5.79 Å². The van der Waals surface area contributed by atoms with Gasteiger partial charge in [-0.3, -0.25) is 0 Å². The predicted octanol–water partition coefficient (Wildman–Crippen LogP) is 2.24. The Morgan fingerprint density at radius 3 is 2.73 bits per heavy atom. The molecule has 2 aliphatic heterocycles. The van der Waals surface area contributed by atoms with Gasteiger partial charge in [-0.05, 0) is 19.3 Å². The summed E-state index contributed by atoms with van der Waals surface area (Å²) in [5, 5.41) is 0. The Morgan fingerprint density at radius 2 is 2.00 bits per heavy atom. The molecule has 0 radical (unpaired) electrons. The second kappa shape index (κ2) is 3.44. The number of epoxide rings is 1. The maximum absolute atomic E-state index is 5.96. The first-order valence-electron chi connectivity index (χ1n) is 6.29. The van der Waals surface area contributed by atoms with E-state index in [4.69, 9.17) is 14.2 Å². The van der Waals surface area contributed by atoms with Crippen LogP contribution in [-0.4, -0.2) is 30.7 Å². The minimum absolute atomic E-state index is 0.0569. The van der Waals surface area contributed by atoms with Gasteiger partial charge in [0.2, 0.25) is 0 Å². The standard InChI is InChI=1S/C12H20O3/c1-2-3-5-10-11(15-10)6-4-7-12(11)13-8-9-14-12/h10H,2-9H2,1H3. The average molecular weight is 212 g/mol. The molecule has 2 unspecified atom stereocenters. The number of ether oxygens (including phenoxy) is 3. The van der Waals surface area contributed by atoms with Crippen LogP contribution in [0.5, 0.6) is 0 Å². The molecule has 0 N–H and O–H groups in total. The molecule has 3 aliphatic rings. The molecule has 0 aromatic heterocycles. The summed E-state index contributed by atoms with van der Waals surface area (Å²) in [5.74, 6) is -0.356. The van der Waals surface area contributed by atoms with Gasteiger partial charge in [-0.15, -0.1) is 0 Å². The molecule has 0 aromatic rings. The number of hydrogen-bond donors (Lipinski definition) is 0. The smallest absolute Gasteiger partial charge is 0.200 e. The van der Waals surface area contributed by atoms with Crippen LogP contribution in [0.15, 0.2) is 0 Å². The van der Waals surface area contributed by atoms with Crippen molar-refractivity contribution in [3.63, 3.8) is 0 Å². The Labute approximate surface area is 91.1 Å². The minimum atomic E-state index is -0.356. The zero-order valence-electron chi connectivity index (χ0n) is 9.46. The van der Waals surface area contributed by atoms with Gasteiger partial charge in [-0.25, -0.2) is 0 Å². The first-order chi connectivity index (χ1) is 7.33. The summed E-state index contributed by atoms with van der Waals surface area (Å²) in [6, 6.07) is 0. The van der Waals surface area contributed by atoms with Gasteiger partial charge in [0.25, 0.3) is 0 Å². The predicted molar refractivity (Wildman–Crippen MR) is 55.6 cm³/mol. The molecule has 2 saturated heterocycles. The molecule has 2 spiro atoms. The van der Waals surface area contributed by atoms with Gasteiger partial charge in [0.05, 0.1) is 19.3 Å². The molecule has 3 fully saturated rings. The third kappa shape index (κ3) is 1.30. The third-order valence-corrected chi connectivity index (χ3v) is 4.09. The maximum Gasteiger partial charge on any atom is 0.200 e. The van der Waals surface area contributed by atoms with Crippen LogP contribution in [0.3, 0.4) is 0 Å². The summed E-state index contributed by atoms with van der Waals surface area (Å²) >= 11 is 0. The molecule has 2 heterocycles. The van der Waals surface area contributed by atoms with E-state index in [2.05, 4.69) is 6.92 Å². The van der Waals surface area contributed by atoms with E-state index >= 15 is 0 Å². The molecule has 3 rings (SSSR count). The van der Waals surface area contributed by atoms with Crippen LogP contribution in [0, 0.1) is 0 Å². The highest BCUT2D eigenvalue weighted by Gasteiger charge is 2.73. The molecule has 0 bridgehead atoms. The van der Waals surface area contributed by atoms with E-state index in [1.807, 2.05) is 0 Å². The van der Waals surface area contributed by atoms with Crippen molar-refractivity contribution in [2.75, 3.05) is 13.2 Å². The lowest BCUT2D eigenvalue weighted by molar-refractivity contribution is -0.188. The van der Waals surface area contributed by atoms with E-state index in [9.17, 15) is 0 Å². The molecule has 0 aromatic carbocycles. The highest BCUT2D eigenvalue weighted by Crippen LogP contribution is 2.60. The summed E-state index contributed by atoms with van der Waals surface area (Å²) in [5.41, 5.74) is -0.0569. The van der Waals surface area contributed by atoms with Crippen molar-refractivity contribution in [3.8, 4) is 0 Å². The molecular weight excluding hydrogens is 192 g/mol. The molecule has 86 valence electrons. The van der Waals surface area contributed by atoms with E-state index in [1.54, 1.807) is 0 Å². The van der Waals surface area contributed by atoms with Crippen molar-refractivity contribution in [1.82, 2.24) is 0 Å². The van der Waals surface area contributed by atoms with Crippen molar-refractivity contribution in [2.45, 2.75) is 62.9 Å². The van der Waals surface area contributed by atoms with Gasteiger partial charge in [-0.2, -0.15) is 0 Å². The van der Waals surface area contributed by atoms with Gasteiger partial charge >= 0.3 is 0 Å². The van der Waals surface area contributed by atoms with Gasteiger partial charge in [0.1, 0.15) is 5.60 Å². The molecule has 1 aliphatic carbocycles. The Hall–Kier alpha value is -0.120. The Bertz CT molecular complexity index is 242. The first kappa shape index (κ1) is 10.1. The SMILES string of the molecule is CCCCC1OC12CCCC21OCCO1. The molecule has 1 saturated carbocycles. The van der Waals surface area contributed by atoms with Crippen LogP contribution in [0.4, 0.5) is 0 Å². The number of rotatable bonds is 3. The number of hydrogen-bond acceptors (Lipinski definition) is 3. The summed E-state index contributed by atoms with van der Waals surface area (Å²) < 4.78 is 17.6. The van der Waals surface area contributed by atoms with Gasteiger partial charge in [-0.1, -0.05) is 19.8 Å². The van der Waals surface area contributed by atoms with Crippen LogP contribution in [-0.2, 0) is 14.2 Å². The topological polar surface area (TPSA) is 31.0 Å². The van der Waals surface area contributed by atoms with E-state index in [-0.39, 0.29) is 11.4 Å². The molecular formula is C12H20O3. The van der Waals surface area contributed by atoms with Crippen LogP contribution in [0.2, 0.25) is 0 Å². The second-order valence-corrected chi connectivity index (χ2v) is 4.94. The molecule has 3 heteroatoms. The summed E-state index contributed by atoms with van der Waals surface area (Å²) in [7, 11) is 0. The lowest BCUT2D eigenvalue weighted by Gasteiger charge is -2.27. The first-order valence-corrected chi connectivity index (χ1v) is 6.29. The highest BCUT2D eigenvalue weighted by atomic mass is 16.8. The normalized spacial score (nSPS) is 41.8. The monoisotopic (exact) mass is 212 g/mol. The summed E-state index contributed by atoms with van der Waals surface area (Å²) in [6.45, 7) is 3.71. The fourth-order valence-corrected chi connectivity index (χ4v) is 3.29. The summed E-state index contributed by atoms with van der Waals surface area (Å²) in [4.78, 5) is 0. The minimum Gasteiger partial charge on any atom is -0.360 e. The molecule has 0 amide bonds.